The van der Waals surface area contributed by atoms with Crippen LogP contribution in [0.4, 0.5) is 14.5 Å². The second kappa shape index (κ2) is 6.41. The average molecular weight is 423 g/mol. The molecule has 28 heavy (non-hydrogen) atoms. The van der Waals surface area contributed by atoms with Crippen LogP contribution in [0.15, 0.2) is 30.3 Å². The summed E-state index contributed by atoms with van der Waals surface area (Å²) in [6.45, 7) is 1.36. The van der Waals surface area contributed by atoms with E-state index in [1.165, 1.54) is 18.2 Å². The Morgan fingerprint density at radius 1 is 1.14 bits per heavy atom. The molecule has 1 N–H and O–H groups in total. The van der Waals surface area contributed by atoms with Gasteiger partial charge in [0.2, 0.25) is 5.91 Å². The van der Waals surface area contributed by atoms with E-state index in [1.807, 2.05) is 0 Å². The lowest BCUT2D eigenvalue weighted by molar-refractivity contribution is -0.127. The Kier molecular flexibility index (Phi) is 4.20. The molecule has 3 aliphatic rings. The van der Waals surface area contributed by atoms with Gasteiger partial charge in [-0.2, -0.15) is 0 Å². The van der Waals surface area contributed by atoms with Crippen molar-refractivity contribution in [3.63, 3.8) is 0 Å². The van der Waals surface area contributed by atoms with Crippen LogP contribution in [0.25, 0.3) is 0 Å². The van der Waals surface area contributed by atoms with Crippen molar-refractivity contribution >= 4 is 34.8 Å². The Balaban J connectivity index is 1.73. The number of likely N-dealkylation sites (tertiary alicyclic amines) is 1. The molecule has 1 saturated carbocycles. The van der Waals surface area contributed by atoms with Crippen LogP contribution in [0, 0.1) is 17.6 Å². The summed E-state index contributed by atoms with van der Waals surface area (Å²) in [6.07, 6.45) is 2.82. The Morgan fingerprint density at radius 2 is 1.93 bits per heavy atom. The van der Waals surface area contributed by atoms with Gasteiger partial charge in [-0.25, -0.2) is 8.78 Å². The number of hydrogen-bond donors (Lipinski definition) is 1. The van der Waals surface area contributed by atoms with Crippen molar-refractivity contribution in [2.24, 2.45) is 5.92 Å². The first-order valence-electron chi connectivity index (χ1n) is 9.43. The molecule has 0 radical (unpaired) electrons. The summed E-state index contributed by atoms with van der Waals surface area (Å²) in [5.74, 6) is -1.30. The number of nitrogens with zero attached hydrogens (tertiary/aromatic N) is 1. The molecule has 0 bridgehead atoms. The van der Waals surface area contributed by atoms with Crippen LogP contribution < -0.4 is 5.32 Å². The molecule has 1 unspecified atom stereocenters. The van der Waals surface area contributed by atoms with Crippen LogP contribution in [0.5, 0.6) is 0 Å². The standard InChI is InChI=1S/C21H18Cl2F2N2O/c22-15-3-1-2-12(19(15)25)13-6-7-27(10-11-4-5-11)21(13)14-8-17(24)16(23)9-18(14)26-20(21)28/h1-3,8-9,11,13H,4-7,10H2,(H,26,28)/t13-,21?/m1/s1. The summed E-state index contributed by atoms with van der Waals surface area (Å²) < 4.78 is 29.4. The minimum atomic E-state index is -1.16. The first-order valence-corrected chi connectivity index (χ1v) is 10.2. The van der Waals surface area contributed by atoms with E-state index in [-0.39, 0.29) is 16.0 Å². The Hall–Kier alpha value is -1.69. The van der Waals surface area contributed by atoms with Gasteiger partial charge in [-0.05, 0) is 48.9 Å². The van der Waals surface area contributed by atoms with E-state index >= 15 is 0 Å². The molecule has 2 fully saturated rings. The smallest absolute Gasteiger partial charge is 0.250 e. The lowest BCUT2D eigenvalue weighted by Gasteiger charge is -2.38. The average Bonchev–Trinajstić information content (AvgIpc) is 3.34. The Labute approximate surface area is 171 Å². The number of anilines is 1. The van der Waals surface area contributed by atoms with E-state index in [2.05, 4.69) is 10.2 Å². The second-order valence-electron chi connectivity index (χ2n) is 7.91. The first kappa shape index (κ1) is 18.3. The molecule has 1 amide bonds. The maximum absolute atomic E-state index is 15.0. The third-order valence-electron chi connectivity index (χ3n) is 6.29. The minimum Gasteiger partial charge on any atom is -0.324 e. The van der Waals surface area contributed by atoms with Crippen molar-refractivity contribution in [3.8, 4) is 0 Å². The van der Waals surface area contributed by atoms with Crippen LogP contribution in [-0.2, 0) is 10.3 Å². The van der Waals surface area contributed by atoms with E-state index in [0.717, 1.165) is 19.4 Å². The van der Waals surface area contributed by atoms with Gasteiger partial charge in [0.05, 0.1) is 10.0 Å². The number of fused-ring (bicyclic) bond motifs is 2. The summed E-state index contributed by atoms with van der Waals surface area (Å²) in [6, 6.07) is 7.63. The zero-order valence-electron chi connectivity index (χ0n) is 14.9. The fraction of sp³-hybridized carbons (Fsp3) is 0.381. The van der Waals surface area contributed by atoms with Crippen molar-refractivity contribution < 1.29 is 13.6 Å². The van der Waals surface area contributed by atoms with Crippen molar-refractivity contribution in [2.75, 3.05) is 18.4 Å². The highest BCUT2D eigenvalue weighted by molar-refractivity contribution is 6.31. The van der Waals surface area contributed by atoms with E-state index < -0.39 is 23.1 Å². The Morgan fingerprint density at radius 3 is 2.68 bits per heavy atom. The summed E-state index contributed by atoms with van der Waals surface area (Å²) in [7, 11) is 0. The monoisotopic (exact) mass is 422 g/mol. The topological polar surface area (TPSA) is 32.3 Å². The van der Waals surface area contributed by atoms with Crippen molar-refractivity contribution in [1.82, 2.24) is 4.90 Å². The molecule has 146 valence electrons. The summed E-state index contributed by atoms with van der Waals surface area (Å²) in [5, 5.41) is 2.84. The highest BCUT2D eigenvalue weighted by Gasteiger charge is 2.61. The number of benzene rings is 2. The molecule has 5 rings (SSSR count). The molecule has 2 atom stereocenters. The van der Waals surface area contributed by atoms with E-state index in [4.69, 9.17) is 23.2 Å². The molecule has 7 heteroatoms. The molecule has 2 aromatic carbocycles. The van der Waals surface area contributed by atoms with Crippen molar-refractivity contribution in [3.05, 3.63) is 63.1 Å². The number of hydrogen-bond acceptors (Lipinski definition) is 2. The number of halogens is 4. The third-order valence-corrected chi connectivity index (χ3v) is 6.87. The molecular formula is C21H18Cl2F2N2O. The molecule has 2 aromatic rings. The van der Waals surface area contributed by atoms with Gasteiger partial charge in [0.1, 0.15) is 17.2 Å². The zero-order chi connectivity index (χ0) is 19.6. The summed E-state index contributed by atoms with van der Waals surface area (Å²) in [5.41, 5.74) is 0.257. The lowest BCUT2D eigenvalue weighted by atomic mass is 9.75. The fourth-order valence-electron chi connectivity index (χ4n) is 4.87. The number of carbonyl (C=O) groups is 1. The highest BCUT2D eigenvalue weighted by Crippen LogP contribution is 2.56. The number of carbonyl (C=O) groups excluding carboxylic acids is 1. The molecule has 1 spiro atoms. The maximum Gasteiger partial charge on any atom is 0.250 e. The quantitative estimate of drug-likeness (QED) is 0.725. The largest absolute Gasteiger partial charge is 0.324 e. The number of rotatable bonds is 3. The SMILES string of the molecule is O=C1Nc2cc(Cl)c(F)cc2C12[C@@H](c1cccc(Cl)c1F)CCN2CC1CC1. The normalized spacial score (nSPS) is 26.7. The molecular weight excluding hydrogens is 405 g/mol. The van der Waals surface area contributed by atoms with Gasteiger partial charge in [-0.1, -0.05) is 35.3 Å². The third kappa shape index (κ3) is 2.53. The van der Waals surface area contributed by atoms with E-state index in [0.29, 0.717) is 35.7 Å². The van der Waals surface area contributed by atoms with Gasteiger partial charge in [-0.15, -0.1) is 0 Å². The van der Waals surface area contributed by atoms with Gasteiger partial charge in [-0.3, -0.25) is 9.69 Å². The van der Waals surface area contributed by atoms with E-state index in [1.54, 1.807) is 12.1 Å². The first-order chi connectivity index (χ1) is 13.4. The summed E-state index contributed by atoms with van der Waals surface area (Å²) >= 11 is 12.0. The molecule has 1 saturated heterocycles. The van der Waals surface area contributed by atoms with E-state index in [9.17, 15) is 13.6 Å². The Bertz CT molecular complexity index is 995. The molecule has 1 aliphatic carbocycles. The predicted molar refractivity (Wildman–Crippen MR) is 105 cm³/mol. The van der Waals surface area contributed by atoms with Crippen molar-refractivity contribution in [1.29, 1.82) is 0 Å². The van der Waals surface area contributed by atoms with Crippen LogP contribution >= 0.6 is 23.2 Å². The summed E-state index contributed by atoms with van der Waals surface area (Å²) in [4.78, 5) is 15.5. The second-order valence-corrected chi connectivity index (χ2v) is 8.72. The van der Waals surface area contributed by atoms with Gasteiger partial charge < -0.3 is 5.32 Å². The van der Waals surface area contributed by atoms with Crippen LogP contribution in [-0.4, -0.2) is 23.9 Å². The minimum absolute atomic E-state index is 0.0224. The van der Waals surface area contributed by atoms with Crippen LogP contribution in [0.1, 0.15) is 36.3 Å². The number of nitrogens with one attached hydrogen (secondary N) is 1. The lowest BCUT2D eigenvalue weighted by Crippen LogP contribution is -2.50. The van der Waals surface area contributed by atoms with Gasteiger partial charge in [0, 0.05) is 30.3 Å². The molecule has 2 aliphatic heterocycles. The number of amides is 1. The molecule has 2 heterocycles. The van der Waals surface area contributed by atoms with Gasteiger partial charge in [0.25, 0.3) is 0 Å². The highest BCUT2D eigenvalue weighted by atomic mass is 35.5. The molecule has 0 aromatic heterocycles. The predicted octanol–water partition coefficient (Wildman–Crippen LogP) is 5.32. The zero-order valence-corrected chi connectivity index (χ0v) is 16.5. The van der Waals surface area contributed by atoms with Crippen LogP contribution in [0.2, 0.25) is 10.0 Å². The van der Waals surface area contributed by atoms with Gasteiger partial charge in [0.15, 0.2) is 0 Å². The van der Waals surface area contributed by atoms with Crippen LogP contribution in [0.3, 0.4) is 0 Å². The fourth-order valence-corrected chi connectivity index (χ4v) is 5.22. The van der Waals surface area contributed by atoms with Crippen molar-refractivity contribution in [2.45, 2.75) is 30.7 Å². The van der Waals surface area contributed by atoms with Gasteiger partial charge >= 0.3 is 0 Å². The maximum atomic E-state index is 15.0. The molecule has 3 nitrogen and oxygen atoms in total.